The van der Waals surface area contributed by atoms with Crippen LogP contribution in [0, 0.1) is 0 Å². The number of nitrogens with one attached hydrogen (secondary N) is 1. The van der Waals surface area contributed by atoms with Crippen molar-refractivity contribution in [3.63, 3.8) is 0 Å². The van der Waals surface area contributed by atoms with Crippen molar-refractivity contribution in [3.05, 3.63) is 22.8 Å². The van der Waals surface area contributed by atoms with Crippen molar-refractivity contribution in [1.29, 1.82) is 0 Å². The first kappa shape index (κ1) is 16.5. The van der Waals surface area contributed by atoms with Gasteiger partial charge in [0.1, 0.15) is 5.82 Å². The van der Waals surface area contributed by atoms with Gasteiger partial charge in [0.15, 0.2) is 0 Å². The van der Waals surface area contributed by atoms with E-state index in [0.717, 1.165) is 31.0 Å². The maximum Gasteiger partial charge on any atom is 0.147 e. The van der Waals surface area contributed by atoms with Gasteiger partial charge in [0.05, 0.1) is 16.7 Å². The number of morpholine rings is 1. The zero-order chi connectivity index (χ0) is 15.6. The summed E-state index contributed by atoms with van der Waals surface area (Å²) < 4.78 is 5.93. The Bertz CT molecular complexity index is 490. The van der Waals surface area contributed by atoms with Crippen LogP contribution in [0.2, 0.25) is 5.02 Å². The van der Waals surface area contributed by atoms with Gasteiger partial charge in [0.2, 0.25) is 0 Å². The van der Waals surface area contributed by atoms with Gasteiger partial charge < -0.3 is 15.0 Å². The normalized spacial score (nSPS) is 21.9. The monoisotopic (exact) mass is 311 g/mol. The Kier molecular flexibility index (Phi) is 5.12. The summed E-state index contributed by atoms with van der Waals surface area (Å²) >= 11 is 6.45. The van der Waals surface area contributed by atoms with Crippen LogP contribution in [0.1, 0.15) is 40.2 Å². The summed E-state index contributed by atoms with van der Waals surface area (Å²) in [5.41, 5.74) is 0.929. The number of hydrogen-bond donors (Lipinski definition) is 1. The molecule has 0 aromatic carbocycles. The Hall–Kier alpha value is -0.840. The smallest absolute Gasteiger partial charge is 0.147 e. The molecule has 1 fully saturated rings. The average molecular weight is 312 g/mol. The van der Waals surface area contributed by atoms with Gasteiger partial charge in [0, 0.05) is 31.9 Å². The highest BCUT2D eigenvalue weighted by Gasteiger charge is 2.32. The number of anilines is 1. The molecule has 0 bridgehead atoms. The van der Waals surface area contributed by atoms with Crippen LogP contribution in [0.5, 0.6) is 0 Å². The average Bonchev–Trinajstić information content (AvgIpc) is 2.33. The number of pyridine rings is 1. The number of ether oxygens (including phenoxy) is 1. The second-order valence-electron chi connectivity index (χ2n) is 6.75. The van der Waals surface area contributed by atoms with Gasteiger partial charge in [-0.25, -0.2) is 4.98 Å². The Balaban J connectivity index is 2.13. The lowest BCUT2D eigenvalue weighted by Gasteiger charge is -2.42. The summed E-state index contributed by atoms with van der Waals surface area (Å²) in [5, 5.41) is 4.09. The number of aromatic nitrogens is 1. The van der Waals surface area contributed by atoms with E-state index in [1.807, 2.05) is 12.3 Å². The highest BCUT2D eigenvalue weighted by Crippen LogP contribution is 2.30. The standard InChI is InChI=1S/C16H26ClN3O/c1-11(2)18-7-13-6-14(17)15(19-8-13)20-9-12(3)21-16(4,5)10-20/h6,8,11-12,18H,7,9-10H2,1-5H3. The Labute approximate surface area is 132 Å². The van der Waals surface area contributed by atoms with E-state index < -0.39 is 0 Å². The number of hydrogen-bond acceptors (Lipinski definition) is 4. The van der Waals surface area contributed by atoms with Crippen LogP contribution in [-0.2, 0) is 11.3 Å². The Morgan fingerprint density at radius 2 is 2.24 bits per heavy atom. The van der Waals surface area contributed by atoms with Gasteiger partial charge >= 0.3 is 0 Å². The van der Waals surface area contributed by atoms with E-state index in [2.05, 4.69) is 49.8 Å². The molecule has 118 valence electrons. The highest BCUT2D eigenvalue weighted by molar-refractivity contribution is 6.33. The van der Waals surface area contributed by atoms with Gasteiger partial charge in [-0.05, 0) is 32.4 Å². The summed E-state index contributed by atoms with van der Waals surface area (Å²) in [6, 6.07) is 2.45. The maximum absolute atomic E-state index is 6.45. The first-order valence-corrected chi connectivity index (χ1v) is 7.95. The summed E-state index contributed by atoms with van der Waals surface area (Å²) in [5.74, 6) is 0.855. The fraction of sp³-hybridized carbons (Fsp3) is 0.688. The number of halogens is 1. The quantitative estimate of drug-likeness (QED) is 0.926. The van der Waals surface area contributed by atoms with E-state index in [1.165, 1.54) is 0 Å². The van der Waals surface area contributed by atoms with Crippen LogP contribution >= 0.6 is 11.6 Å². The molecule has 1 aromatic rings. The van der Waals surface area contributed by atoms with E-state index in [-0.39, 0.29) is 11.7 Å². The van der Waals surface area contributed by atoms with Crippen LogP contribution in [0.15, 0.2) is 12.3 Å². The first-order chi connectivity index (χ1) is 9.77. The molecule has 1 aliphatic rings. The van der Waals surface area contributed by atoms with Crippen molar-refractivity contribution in [2.75, 3.05) is 18.0 Å². The molecule has 2 rings (SSSR count). The van der Waals surface area contributed by atoms with Crippen molar-refractivity contribution in [2.24, 2.45) is 0 Å². The molecule has 1 N–H and O–H groups in total. The second-order valence-corrected chi connectivity index (χ2v) is 7.16. The summed E-state index contributed by atoms with van der Waals surface area (Å²) in [6.45, 7) is 12.9. The van der Waals surface area contributed by atoms with E-state index in [4.69, 9.17) is 16.3 Å². The van der Waals surface area contributed by atoms with Crippen molar-refractivity contribution in [3.8, 4) is 0 Å². The molecule has 1 atom stereocenters. The lowest BCUT2D eigenvalue weighted by molar-refractivity contribution is -0.0751. The fourth-order valence-corrected chi connectivity index (χ4v) is 3.05. The summed E-state index contributed by atoms with van der Waals surface area (Å²) in [7, 11) is 0. The molecule has 0 spiro atoms. The molecule has 0 radical (unpaired) electrons. The third kappa shape index (κ3) is 4.56. The molecule has 0 amide bonds. The van der Waals surface area contributed by atoms with Gasteiger partial charge in [0.25, 0.3) is 0 Å². The molecular weight excluding hydrogens is 286 g/mol. The third-order valence-corrected chi connectivity index (χ3v) is 3.74. The van der Waals surface area contributed by atoms with Crippen molar-refractivity contribution in [2.45, 2.75) is 58.9 Å². The second kappa shape index (κ2) is 6.51. The lowest BCUT2D eigenvalue weighted by Crippen LogP contribution is -2.52. The molecule has 1 aliphatic heterocycles. The zero-order valence-corrected chi connectivity index (χ0v) is 14.4. The Morgan fingerprint density at radius 3 is 2.81 bits per heavy atom. The SMILES string of the molecule is CC(C)NCc1cnc(N2CC(C)OC(C)(C)C2)c(Cl)c1. The van der Waals surface area contributed by atoms with Crippen molar-refractivity contribution < 1.29 is 4.74 Å². The van der Waals surface area contributed by atoms with Gasteiger partial charge in [-0.1, -0.05) is 25.4 Å². The van der Waals surface area contributed by atoms with Crippen LogP contribution in [0.4, 0.5) is 5.82 Å². The molecule has 0 aliphatic carbocycles. The molecule has 1 unspecified atom stereocenters. The fourth-order valence-electron chi connectivity index (χ4n) is 2.74. The minimum absolute atomic E-state index is 0.175. The van der Waals surface area contributed by atoms with Crippen LogP contribution < -0.4 is 10.2 Å². The van der Waals surface area contributed by atoms with Crippen LogP contribution in [0.3, 0.4) is 0 Å². The predicted octanol–water partition coefficient (Wildman–Crippen LogP) is 3.24. The number of rotatable bonds is 4. The molecule has 0 saturated carbocycles. The van der Waals surface area contributed by atoms with E-state index >= 15 is 0 Å². The molecule has 2 heterocycles. The number of nitrogens with zero attached hydrogens (tertiary/aromatic N) is 2. The predicted molar refractivity (Wildman–Crippen MR) is 88.1 cm³/mol. The molecule has 21 heavy (non-hydrogen) atoms. The van der Waals surface area contributed by atoms with Gasteiger partial charge in [-0.2, -0.15) is 0 Å². The molecule has 1 saturated heterocycles. The minimum atomic E-state index is -0.180. The van der Waals surface area contributed by atoms with Crippen LogP contribution in [-0.4, -0.2) is 35.8 Å². The van der Waals surface area contributed by atoms with Crippen molar-refractivity contribution >= 4 is 17.4 Å². The first-order valence-electron chi connectivity index (χ1n) is 7.57. The molecule has 1 aromatic heterocycles. The van der Waals surface area contributed by atoms with E-state index in [0.29, 0.717) is 11.1 Å². The minimum Gasteiger partial charge on any atom is -0.369 e. The lowest BCUT2D eigenvalue weighted by atomic mass is 10.1. The molecule has 5 heteroatoms. The third-order valence-electron chi connectivity index (χ3n) is 3.46. The topological polar surface area (TPSA) is 37.4 Å². The summed E-state index contributed by atoms with van der Waals surface area (Å²) in [6.07, 6.45) is 2.08. The highest BCUT2D eigenvalue weighted by atomic mass is 35.5. The molecular formula is C16H26ClN3O. The van der Waals surface area contributed by atoms with Gasteiger partial charge in [-0.3, -0.25) is 0 Å². The van der Waals surface area contributed by atoms with E-state index in [9.17, 15) is 0 Å². The Morgan fingerprint density at radius 1 is 1.52 bits per heavy atom. The van der Waals surface area contributed by atoms with Crippen LogP contribution in [0.25, 0.3) is 0 Å². The van der Waals surface area contributed by atoms with E-state index in [1.54, 1.807) is 0 Å². The largest absolute Gasteiger partial charge is 0.369 e. The molecule has 4 nitrogen and oxygen atoms in total. The van der Waals surface area contributed by atoms with Crippen molar-refractivity contribution in [1.82, 2.24) is 10.3 Å². The maximum atomic E-state index is 6.45. The van der Waals surface area contributed by atoms with Gasteiger partial charge in [-0.15, -0.1) is 0 Å². The summed E-state index contributed by atoms with van der Waals surface area (Å²) in [4.78, 5) is 6.80. The zero-order valence-electron chi connectivity index (χ0n) is 13.6.